The quantitative estimate of drug-likeness (QED) is 0.870. The molecule has 1 amide bonds. The summed E-state index contributed by atoms with van der Waals surface area (Å²) < 4.78 is 1.39. The second-order valence-corrected chi connectivity index (χ2v) is 5.83. The number of H-pyrrole nitrogens is 1. The second-order valence-electron chi connectivity index (χ2n) is 5.83. The van der Waals surface area contributed by atoms with Gasteiger partial charge in [0.05, 0.1) is 5.69 Å². The average molecular weight is 337 g/mol. The van der Waals surface area contributed by atoms with Crippen molar-refractivity contribution in [3.05, 3.63) is 51.9 Å². The summed E-state index contributed by atoms with van der Waals surface area (Å²) in [6, 6.07) is 8.91. The number of carbonyl (C=O) groups excluding carboxylic acids is 1. The molecule has 7 heteroatoms. The Hall–Kier alpha value is -2.05. The van der Waals surface area contributed by atoms with Crippen LogP contribution in [0.3, 0.4) is 0 Å². The van der Waals surface area contributed by atoms with E-state index in [0.717, 1.165) is 18.4 Å². The van der Waals surface area contributed by atoms with E-state index in [2.05, 4.69) is 5.10 Å². The lowest BCUT2D eigenvalue weighted by atomic mass is 10.1. The SMILES string of the molecule is Cc1ccc(-n2[nH]c(C(=O)N3CCCC(N)C3)cc2=O)cc1.Cl. The molecule has 6 nitrogen and oxygen atoms in total. The number of benzene rings is 1. The van der Waals surface area contributed by atoms with Crippen LogP contribution in [0.2, 0.25) is 0 Å². The van der Waals surface area contributed by atoms with Gasteiger partial charge in [0.2, 0.25) is 0 Å². The molecule has 0 spiro atoms. The van der Waals surface area contributed by atoms with Crippen LogP contribution < -0.4 is 11.3 Å². The molecule has 1 saturated heterocycles. The van der Waals surface area contributed by atoms with Crippen molar-refractivity contribution in [2.75, 3.05) is 13.1 Å². The third kappa shape index (κ3) is 3.65. The van der Waals surface area contributed by atoms with Gasteiger partial charge in [0.1, 0.15) is 5.69 Å². The molecule has 1 fully saturated rings. The molecule has 0 saturated carbocycles. The predicted molar refractivity (Wildman–Crippen MR) is 91.5 cm³/mol. The fourth-order valence-corrected chi connectivity index (χ4v) is 2.76. The Morgan fingerprint density at radius 2 is 2.00 bits per heavy atom. The van der Waals surface area contributed by atoms with Crippen LogP contribution in [0.4, 0.5) is 0 Å². The molecule has 0 aliphatic carbocycles. The van der Waals surface area contributed by atoms with Crippen LogP contribution in [-0.4, -0.2) is 39.7 Å². The number of hydrogen-bond acceptors (Lipinski definition) is 3. The Bertz CT molecular complexity index is 735. The van der Waals surface area contributed by atoms with Crippen molar-refractivity contribution in [1.29, 1.82) is 0 Å². The predicted octanol–water partition coefficient (Wildman–Crippen LogP) is 1.46. The summed E-state index contributed by atoms with van der Waals surface area (Å²) in [4.78, 5) is 26.3. The maximum Gasteiger partial charge on any atom is 0.272 e. The molecule has 23 heavy (non-hydrogen) atoms. The van der Waals surface area contributed by atoms with E-state index in [4.69, 9.17) is 5.73 Å². The molecule has 0 bridgehead atoms. The molecule has 1 aromatic heterocycles. The van der Waals surface area contributed by atoms with Gasteiger partial charge < -0.3 is 10.6 Å². The molecule has 3 N–H and O–H groups in total. The van der Waals surface area contributed by atoms with E-state index in [1.807, 2.05) is 31.2 Å². The van der Waals surface area contributed by atoms with E-state index in [-0.39, 0.29) is 29.9 Å². The van der Waals surface area contributed by atoms with Gasteiger partial charge in [-0.15, -0.1) is 12.4 Å². The second kappa shape index (κ2) is 7.02. The zero-order valence-corrected chi connectivity index (χ0v) is 13.8. The van der Waals surface area contributed by atoms with Crippen LogP contribution in [0.1, 0.15) is 28.9 Å². The van der Waals surface area contributed by atoms with Crippen LogP contribution in [-0.2, 0) is 0 Å². The van der Waals surface area contributed by atoms with Gasteiger partial charge in [0, 0.05) is 25.2 Å². The van der Waals surface area contributed by atoms with Crippen LogP contribution >= 0.6 is 12.4 Å². The van der Waals surface area contributed by atoms with Crippen LogP contribution in [0.25, 0.3) is 5.69 Å². The van der Waals surface area contributed by atoms with Crippen LogP contribution in [0.5, 0.6) is 0 Å². The highest BCUT2D eigenvalue weighted by molar-refractivity contribution is 5.92. The lowest BCUT2D eigenvalue weighted by Gasteiger charge is -2.30. The Morgan fingerprint density at radius 3 is 2.65 bits per heavy atom. The van der Waals surface area contributed by atoms with E-state index in [9.17, 15) is 9.59 Å². The molecule has 3 rings (SSSR count). The Balaban J connectivity index is 0.00000192. The number of nitrogens with two attached hydrogens (primary N) is 1. The number of piperidine rings is 1. The summed E-state index contributed by atoms with van der Waals surface area (Å²) in [5.74, 6) is -0.168. The van der Waals surface area contributed by atoms with E-state index in [1.165, 1.54) is 10.7 Å². The van der Waals surface area contributed by atoms with Crippen LogP contribution in [0, 0.1) is 6.92 Å². The minimum Gasteiger partial charge on any atom is -0.336 e. The van der Waals surface area contributed by atoms with Crippen molar-refractivity contribution in [1.82, 2.24) is 14.7 Å². The highest BCUT2D eigenvalue weighted by Gasteiger charge is 2.24. The largest absolute Gasteiger partial charge is 0.336 e. The Morgan fingerprint density at radius 1 is 1.30 bits per heavy atom. The van der Waals surface area contributed by atoms with Gasteiger partial charge >= 0.3 is 0 Å². The Kier molecular flexibility index (Phi) is 5.28. The number of aromatic amines is 1. The van der Waals surface area contributed by atoms with Gasteiger partial charge in [-0.2, -0.15) is 0 Å². The number of nitrogens with one attached hydrogen (secondary N) is 1. The fourth-order valence-electron chi connectivity index (χ4n) is 2.76. The van der Waals surface area contributed by atoms with E-state index < -0.39 is 0 Å². The number of carbonyl (C=O) groups is 1. The molecule has 0 radical (unpaired) electrons. The minimum absolute atomic E-state index is 0. The molecule has 124 valence electrons. The van der Waals surface area contributed by atoms with Crippen molar-refractivity contribution in [2.24, 2.45) is 5.73 Å². The summed E-state index contributed by atoms with van der Waals surface area (Å²) in [5, 5.41) is 2.90. The highest BCUT2D eigenvalue weighted by Crippen LogP contribution is 2.12. The van der Waals surface area contributed by atoms with Gasteiger partial charge in [0.15, 0.2) is 0 Å². The van der Waals surface area contributed by atoms with Gasteiger partial charge in [-0.3, -0.25) is 14.7 Å². The monoisotopic (exact) mass is 336 g/mol. The van der Waals surface area contributed by atoms with Crippen molar-refractivity contribution in [2.45, 2.75) is 25.8 Å². The first-order valence-corrected chi connectivity index (χ1v) is 7.48. The first-order valence-electron chi connectivity index (χ1n) is 7.48. The molecule has 1 atom stereocenters. The van der Waals surface area contributed by atoms with Crippen molar-refractivity contribution >= 4 is 18.3 Å². The fraction of sp³-hybridized carbons (Fsp3) is 0.375. The third-order valence-corrected chi connectivity index (χ3v) is 3.99. The third-order valence-electron chi connectivity index (χ3n) is 3.99. The van der Waals surface area contributed by atoms with Gasteiger partial charge in [0.25, 0.3) is 11.5 Å². The van der Waals surface area contributed by atoms with Crippen molar-refractivity contribution in [3.8, 4) is 5.69 Å². The molecule has 1 aliphatic rings. The summed E-state index contributed by atoms with van der Waals surface area (Å²) in [7, 11) is 0. The summed E-state index contributed by atoms with van der Waals surface area (Å²) in [5.41, 5.74) is 7.80. The van der Waals surface area contributed by atoms with Gasteiger partial charge in [-0.1, -0.05) is 17.7 Å². The number of hydrogen-bond donors (Lipinski definition) is 2. The maximum atomic E-state index is 12.5. The van der Waals surface area contributed by atoms with Crippen LogP contribution in [0.15, 0.2) is 35.1 Å². The van der Waals surface area contributed by atoms with Crippen molar-refractivity contribution in [3.63, 3.8) is 0 Å². The number of rotatable bonds is 2. The van der Waals surface area contributed by atoms with Crippen molar-refractivity contribution < 1.29 is 4.79 Å². The molecule has 1 aromatic carbocycles. The number of nitrogens with zero attached hydrogens (tertiary/aromatic N) is 2. The zero-order valence-electron chi connectivity index (χ0n) is 13.0. The highest BCUT2D eigenvalue weighted by atomic mass is 35.5. The average Bonchev–Trinajstić information content (AvgIpc) is 2.89. The number of aryl methyl sites for hydroxylation is 1. The number of likely N-dealkylation sites (tertiary alicyclic amines) is 1. The minimum atomic E-state index is -0.242. The zero-order chi connectivity index (χ0) is 15.7. The first-order chi connectivity index (χ1) is 10.5. The van der Waals surface area contributed by atoms with E-state index in [0.29, 0.717) is 24.5 Å². The molecule has 2 aromatic rings. The summed E-state index contributed by atoms with van der Waals surface area (Å²) >= 11 is 0. The summed E-state index contributed by atoms with van der Waals surface area (Å²) in [6.07, 6.45) is 1.83. The normalized spacial score (nSPS) is 17.7. The lowest BCUT2D eigenvalue weighted by Crippen LogP contribution is -2.45. The topological polar surface area (TPSA) is 84.1 Å². The van der Waals surface area contributed by atoms with Gasteiger partial charge in [-0.25, -0.2) is 4.68 Å². The van der Waals surface area contributed by atoms with E-state index in [1.54, 1.807) is 4.90 Å². The number of halogens is 1. The molecular weight excluding hydrogens is 316 g/mol. The van der Waals surface area contributed by atoms with E-state index >= 15 is 0 Å². The molecule has 1 aliphatic heterocycles. The lowest BCUT2D eigenvalue weighted by molar-refractivity contribution is 0.0702. The molecular formula is C16H21ClN4O2. The maximum absolute atomic E-state index is 12.5. The number of amides is 1. The van der Waals surface area contributed by atoms with Gasteiger partial charge in [-0.05, 0) is 31.9 Å². The first kappa shape index (κ1) is 17.3. The smallest absolute Gasteiger partial charge is 0.272 e. The standard InChI is InChI=1S/C16H20N4O2.ClH/c1-11-4-6-13(7-5-11)20-15(21)9-14(18-20)16(22)19-8-2-3-12(17)10-19;/h4-7,9,12,18H,2-3,8,10,17H2,1H3;1H. The molecule has 2 heterocycles. The Labute approximate surface area is 140 Å². The molecule has 1 unspecified atom stereocenters. The number of aromatic nitrogens is 2. The summed E-state index contributed by atoms with van der Waals surface area (Å²) in [6.45, 7) is 3.21.